The zero-order valence-corrected chi connectivity index (χ0v) is 11.2. The summed E-state index contributed by atoms with van der Waals surface area (Å²) in [5.74, 6) is 0.351. The van der Waals surface area contributed by atoms with Gasteiger partial charge >= 0.3 is 0 Å². The summed E-state index contributed by atoms with van der Waals surface area (Å²) in [5, 5.41) is 0. The number of hydrogen-bond acceptors (Lipinski definition) is 4. The van der Waals surface area contributed by atoms with Gasteiger partial charge in [0.15, 0.2) is 9.84 Å². The minimum Gasteiger partial charge on any atom is -0.325 e. The zero-order valence-electron chi connectivity index (χ0n) is 10.4. The average molecular weight is 248 g/mol. The maximum absolute atomic E-state index is 11.7. The first kappa shape index (κ1) is 13.9. The van der Waals surface area contributed by atoms with Gasteiger partial charge in [0.2, 0.25) is 0 Å². The van der Waals surface area contributed by atoms with Crippen molar-refractivity contribution in [2.45, 2.75) is 38.6 Å². The van der Waals surface area contributed by atoms with Crippen LogP contribution in [0.4, 0.5) is 0 Å². The van der Waals surface area contributed by atoms with Crippen LogP contribution in [0.3, 0.4) is 0 Å². The highest BCUT2D eigenvalue weighted by Gasteiger charge is 2.22. The molecular weight excluding hydrogens is 224 g/mol. The number of sulfone groups is 1. The van der Waals surface area contributed by atoms with Crippen LogP contribution in [0.15, 0.2) is 0 Å². The average Bonchev–Trinajstić information content (AvgIpc) is 2.51. The molecule has 4 nitrogen and oxygen atoms in total. The van der Waals surface area contributed by atoms with Crippen molar-refractivity contribution >= 4 is 9.84 Å². The third-order valence-electron chi connectivity index (χ3n) is 2.72. The molecule has 16 heavy (non-hydrogen) atoms. The fraction of sp³-hybridized carbons (Fsp3) is 1.00. The van der Waals surface area contributed by atoms with Crippen LogP contribution >= 0.6 is 0 Å². The molecule has 0 aromatic carbocycles. The lowest BCUT2D eigenvalue weighted by atomic mass is 10.1. The molecule has 0 aromatic rings. The Hall–Kier alpha value is -0.130. The third kappa shape index (κ3) is 5.82. The van der Waals surface area contributed by atoms with Crippen molar-refractivity contribution in [3.05, 3.63) is 0 Å². The van der Waals surface area contributed by atoms with Crippen molar-refractivity contribution in [2.24, 2.45) is 5.73 Å². The molecule has 0 atom stereocenters. The van der Waals surface area contributed by atoms with E-state index in [1.165, 1.54) is 12.8 Å². The lowest BCUT2D eigenvalue weighted by Gasteiger charge is -2.19. The van der Waals surface area contributed by atoms with E-state index < -0.39 is 15.4 Å². The lowest BCUT2D eigenvalue weighted by molar-refractivity contribution is 0.340. The first-order chi connectivity index (χ1) is 7.29. The highest BCUT2D eigenvalue weighted by molar-refractivity contribution is 7.91. The molecule has 0 saturated carbocycles. The summed E-state index contributed by atoms with van der Waals surface area (Å²) < 4.78 is 23.4. The standard InChI is InChI=1S/C11H24N2O2S/c1-11(2,12)10-16(14,15)9-5-8-13-6-3-4-7-13/h3-10,12H2,1-2H3. The second-order valence-electron chi connectivity index (χ2n) is 5.48. The molecule has 1 aliphatic rings. The van der Waals surface area contributed by atoms with E-state index in [1.807, 2.05) is 0 Å². The van der Waals surface area contributed by atoms with E-state index in [0.717, 1.165) is 26.1 Å². The fourth-order valence-electron chi connectivity index (χ4n) is 2.15. The van der Waals surface area contributed by atoms with Crippen LogP contribution in [-0.4, -0.2) is 50.0 Å². The normalized spacial score (nSPS) is 19.2. The molecule has 2 N–H and O–H groups in total. The molecule has 0 bridgehead atoms. The Kier molecular flexibility index (Phi) is 4.76. The van der Waals surface area contributed by atoms with E-state index in [-0.39, 0.29) is 11.5 Å². The molecule has 0 unspecified atom stereocenters. The van der Waals surface area contributed by atoms with Crippen molar-refractivity contribution in [2.75, 3.05) is 31.1 Å². The molecule has 1 fully saturated rings. The molecule has 0 radical (unpaired) electrons. The summed E-state index contributed by atoms with van der Waals surface area (Å²) in [4.78, 5) is 2.34. The molecule has 1 rings (SSSR count). The Morgan fingerprint density at radius 3 is 2.31 bits per heavy atom. The fourth-order valence-corrected chi connectivity index (χ4v) is 4.00. The van der Waals surface area contributed by atoms with Gasteiger partial charge in [-0.3, -0.25) is 0 Å². The summed E-state index contributed by atoms with van der Waals surface area (Å²) in [6, 6.07) is 0. The monoisotopic (exact) mass is 248 g/mol. The van der Waals surface area contributed by atoms with E-state index in [1.54, 1.807) is 13.8 Å². The van der Waals surface area contributed by atoms with Gasteiger partial charge in [-0.15, -0.1) is 0 Å². The lowest BCUT2D eigenvalue weighted by Crippen LogP contribution is -2.40. The van der Waals surface area contributed by atoms with Crippen LogP contribution in [0.2, 0.25) is 0 Å². The third-order valence-corrected chi connectivity index (χ3v) is 4.81. The van der Waals surface area contributed by atoms with Crippen molar-refractivity contribution in [1.82, 2.24) is 4.90 Å². The van der Waals surface area contributed by atoms with Crippen LogP contribution < -0.4 is 5.73 Å². The van der Waals surface area contributed by atoms with Gasteiger partial charge in [0, 0.05) is 5.54 Å². The van der Waals surface area contributed by atoms with Crippen LogP contribution in [0.25, 0.3) is 0 Å². The van der Waals surface area contributed by atoms with Crippen molar-refractivity contribution in [1.29, 1.82) is 0 Å². The largest absolute Gasteiger partial charge is 0.325 e. The maximum atomic E-state index is 11.7. The number of nitrogens with zero attached hydrogens (tertiary/aromatic N) is 1. The van der Waals surface area contributed by atoms with Crippen LogP contribution in [0, 0.1) is 0 Å². The highest BCUT2D eigenvalue weighted by atomic mass is 32.2. The second kappa shape index (κ2) is 5.47. The molecule has 0 spiro atoms. The van der Waals surface area contributed by atoms with Gasteiger partial charge in [-0.25, -0.2) is 8.42 Å². The molecule has 0 aliphatic carbocycles. The van der Waals surface area contributed by atoms with Crippen molar-refractivity contribution in [3.8, 4) is 0 Å². The number of likely N-dealkylation sites (tertiary alicyclic amines) is 1. The van der Waals surface area contributed by atoms with Crippen LogP contribution in [-0.2, 0) is 9.84 Å². The van der Waals surface area contributed by atoms with Gasteiger partial charge in [-0.1, -0.05) is 0 Å². The number of hydrogen-bond donors (Lipinski definition) is 1. The van der Waals surface area contributed by atoms with Gasteiger partial charge in [0.1, 0.15) is 0 Å². The molecule has 96 valence electrons. The molecule has 0 amide bonds. The first-order valence-corrected chi connectivity index (χ1v) is 7.82. The van der Waals surface area contributed by atoms with E-state index in [0.29, 0.717) is 0 Å². The minimum absolute atomic E-state index is 0.0833. The molecule has 1 heterocycles. The topological polar surface area (TPSA) is 63.4 Å². The van der Waals surface area contributed by atoms with E-state index in [2.05, 4.69) is 4.90 Å². The Morgan fingerprint density at radius 2 is 1.81 bits per heavy atom. The van der Waals surface area contributed by atoms with Gasteiger partial charge in [-0.2, -0.15) is 0 Å². The number of rotatable bonds is 6. The summed E-state index contributed by atoms with van der Waals surface area (Å²) in [6.45, 7) is 6.67. The van der Waals surface area contributed by atoms with Gasteiger partial charge in [0.25, 0.3) is 0 Å². The van der Waals surface area contributed by atoms with E-state index in [9.17, 15) is 8.42 Å². The van der Waals surface area contributed by atoms with Gasteiger partial charge < -0.3 is 10.6 Å². The highest BCUT2D eigenvalue weighted by Crippen LogP contribution is 2.09. The Balaban J connectivity index is 2.25. The summed E-state index contributed by atoms with van der Waals surface area (Å²) in [6.07, 6.45) is 3.24. The molecule has 0 aromatic heterocycles. The zero-order chi connectivity index (χ0) is 12.2. The van der Waals surface area contributed by atoms with Crippen molar-refractivity contribution < 1.29 is 8.42 Å². The van der Waals surface area contributed by atoms with Gasteiger partial charge in [-0.05, 0) is 52.7 Å². The predicted molar refractivity (Wildman–Crippen MR) is 67.2 cm³/mol. The molecule has 1 saturated heterocycles. The molecule has 5 heteroatoms. The van der Waals surface area contributed by atoms with E-state index >= 15 is 0 Å². The van der Waals surface area contributed by atoms with Crippen LogP contribution in [0.1, 0.15) is 33.1 Å². The summed E-state index contributed by atoms with van der Waals surface area (Å²) >= 11 is 0. The maximum Gasteiger partial charge on any atom is 0.152 e. The van der Waals surface area contributed by atoms with Crippen LogP contribution in [0.5, 0.6) is 0 Å². The Labute approximate surface area is 99.1 Å². The Morgan fingerprint density at radius 1 is 1.25 bits per heavy atom. The minimum atomic E-state index is -2.98. The molecular formula is C11H24N2O2S. The SMILES string of the molecule is CC(C)(N)CS(=O)(=O)CCCN1CCCC1. The first-order valence-electron chi connectivity index (χ1n) is 6.00. The quantitative estimate of drug-likeness (QED) is 0.748. The second-order valence-corrected chi connectivity index (χ2v) is 7.67. The summed E-state index contributed by atoms with van der Waals surface area (Å²) in [7, 11) is -2.98. The predicted octanol–water partition coefficient (Wildman–Crippen LogP) is 0.624. The molecule has 1 aliphatic heterocycles. The smallest absolute Gasteiger partial charge is 0.152 e. The number of nitrogens with two attached hydrogens (primary N) is 1. The Bertz CT molecular complexity index is 300. The van der Waals surface area contributed by atoms with Gasteiger partial charge in [0.05, 0.1) is 11.5 Å². The van der Waals surface area contributed by atoms with Crippen molar-refractivity contribution in [3.63, 3.8) is 0 Å². The summed E-state index contributed by atoms with van der Waals surface area (Å²) in [5.41, 5.74) is 5.11. The van der Waals surface area contributed by atoms with E-state index in [4.69, 9.17) is 5.73 Å².